The topological polar surface area (TPSA) is 73.9 Å². The molecule has 0 aromatic heterocycles. The van der Waals surface area contributed by atoms with Crippen LogP contribution in [0.25, 0.3) is 6.08 Å². The Labute approximate surface area is 210 Å². The highest BCUT2D eigenvalue weighted by atomic mass is 35.5. The van der Waals surface area contributed by atoms with E-state index in [1.807, 2.05) is 0 Å². The summed E-state index contributed by atoms with van der Waals surface area (Å²) >= 11 is 5.64. The molecular weight excluding hydrogens is 499 g/mol. The first-order valence-electron chi connectivity index (χ1n) is 10.5. The summed E-state index contributed by atoms with van der Waals surface area (Å²) in [6, 6.07) is 16.0. The maximum Gasteiger partial charge on any atom is 0.417 e. The summed E-state index contributed by atoms with van der Waals surface area (Å²) in [5.41, 5.74) is -0.389. The third kappa shape index (κ3) is 6.79. The molecule has 0 aliphatic heterocycles. The predicted molar refractivity (Wildman–Crippen MR) is 129 cm³/mol. The van der Waals surface area contributed by atoms with Gasteiger partial charge in [-0.1, -0.05) is 41.9 Å². The van der Waals surface area contributed by atoms with E-state index in [0.29, 0.717) is 28.7 Å². The molecule has 6 nitrogen and oxygen atoms in total. The number of benzene rings is 3. The molecule has 3 rings (SSSR count). The van der Waals surface area contributed by atoms with Crippen LogP contribution < -0.4 is 14.8 Å². The van der Waals surface area contributed by atoms with E-state index >= 15 is 0 Å². The fraction of sp³-hybridized carbons (Fsp3) is 0.154. The van der Waals surface area contributed by atoms with Gasteiger partial charge in [0.2, 0.25) is 6.10 Å². The van der Waals surface area contributed by atoms with Crippen molar-refractivity contribution in [3.8, 4) is 11.5 Å². The second-order valence-electron chi connectivity index (χ2n) is 7.35. The van der Waals surface area contributed by atoms with E-state index in [1.165, 1.54) is 26.4 Å². The van der Waals surface area contributed by atoms with Gasteiger partial charge in [-0.3, -0.25) is 4.79 Å². The normalized spacial score (nSPS) is 12.2. The molecule has 0 aliphatic rings. The molecule has 3 aromatic carbocycles. The standard InChI is InChI=1S/C26H21ClF3NO5/c1-34-19-11-8-16(22(15-19)35-2)9-13-23(32)36-24(17-6-4-3-5-7-17)25(33)31-18-10-12-21(27)20(14-18)26(28,29)30/h3-15,24H,1-2H3,(H,31,33). The Morgan fingerprint density at radius 2 is 1.69 bits per heavy atom. The number of carbonyl (C=O) groups is 2. The summed E-state index contributed by atoms with van der Waals surface area (Å²) in [4.78, 5) is 25.6. The Morgan fingerprint density at radius 3 is 2.33 bits per heavy atom. The maximum atomic E-state index is 13.2. The number of ether oxygens (including phenoxy) is 3. The van der Waals surface area contributed by atoms with Crippen LogP contribution in [0, 0.1) is 0 Å². The molecule has 0 fully saturated rings. The van der Waals surface area contributed by atoms with E-state index in [2.05, 4.69) is 5.32 Å². The molecule has 1 unspecified atom stereocenters. The summed E-state index contributed by atoms with van der Waals surface area (Å²) in [5.74, 6) is -0.702. The van der Waals surface area contributed by atoms with Gasteiger partial charge in [0.05, 0.1) is 24.8 Å². The molecule has 0 bridgehead atoms. The molecule has 0 heterocycles. The quantitative estimate of drug-likeness (QED) is 0.279. The monoisotopic (exact) mass is 519 g/mol. The van der Waals surface area contributed by atoms with Gasteiger partial charge in [0.1, 0.15) is 11.5 Å². The van der Waals surface area contributed by atoms with Crippen LogP contribution >= 0.6 is 11.6 Å². The lowest BCUT2D eigenvalue weighted by atomic mass is 10.1. The maximum absolute atomic E-state index is 13.2. The first kappa shape index (κ1) is 26.6. The number of esters is 1. The van der Waals surface area contributed by atoms with Crippen LogP contribution in [-0.4, -0.2) is 26.1 Å². The van der Waals surface area contributed by atoms with Gasteiger partial charge in [-0.15, -0.1) is 0 Å². The lowest BCUT2D eigenvalue weighted by Gasteiger charge is -2.18. The van der Waals surface area contributed by atoms with Crippen LogP contribution in [-0.2, 0) is 20.5 Å². The molecule has 188 valence electrons. The molecule has 0 spiro atoms. The number of rotatable bonds is 8. The summed E-state index contributed by atoms with van der Waals surface area (Å²) in [6.07, 6.45) is -3.60. The number of alkyl halides is 3. The second-order valence-corrected chi connectivity index (χ2v) is 7.76. The van der Waals surface area contributed by atoms with Gasteiger partial charge in [-0.05, 0) is 36.4 Å². The Morgan fingerprint density at radius 1 is 0.972 bits per heavy atom. The van der Waals surface area contributed by atoms with Crippen LogP contribution in [0.4, 0.5) is 18.9 Å². The van der Waals surface area contributed by atoms with Crippen LogP contribution in [0.3, 0.4) is 0 Å². The molecule has 0 radical (unpaired) electrons. The van der Waals surface area contributed by atoms with Crippen molar-refractivity contribution in [3.05, 3.63) is 94.5 Å². The largest absolute Gasteiger partial charge is 0.497 e. The lowest BCUT2D eigenvalue weighted by molar-refractivity contribution is -0.149. The zero-order valence-corrected chi connectivity index (χ0v) is 19.9. The number of methoxy groups -OCH3 is 2. The van der Waals surface area contributed by atoms with Gasteiger partial charge >= 0.3 is 12.1 Å². The zero-order chi connectivity index (χ0) is 26.3. The predicted octanol–water partition coefficient (Wildman–Crippen LogP) is 6.31. The average molecular weight is 520 g/mol. The van der Waals surface area contributed by atoms with Crippen molar-refractivity contribution < 1.29 is 37.0 Å². The Kier molecular flexibility index (Phi) is 8.60. The second kappa shape index (κ2) is 11.6. The van der Waals surface area contributed by atoms with Crippen molar-refractivity contribution >= 4 is 35.2 Å². The number of halogens is 4. The van der Waals surface area contributed by atoms with Gasteiger partial charge in [-0.2, -0.15) is 13.2 Å². The molecule has 1 atom stereocenters. The highest BCUT2D eigenvalue weighted by Gasteiger charge is 2.34. The van der Waals surface area contributed by atoms with E-state index in [4.69, 9.17) is 25.8 Å². The van der Waals surface area contributed by atoms with Crippen molar-refractivity contribution in [1.82, 2.24) is 0 Å². The molecule has 10 heteroatoms. The highest BCUT2D eigenvalue weighted by Crippen LogP contribution is 2.36. The first-order chi connectivity index (χ1) is 17.1. The van der Waals surface area contributed by atoms with Crippen LogP contribution in [0.5, 0.6) is 11.5 Å². The SMILES string of the molecule is COc1ccc(C=CC(=O)OC(C(=O)Nc2ccc(Cl)c(C(F)(F)F)c2)c2ccccc2)c(OC)c1. The van der Waals surface area contributed by atoms with Crippen LogP contribution in [0.1, 0.15) is 22.8 Å². The number of amides is 1. The van der Waals surface area contributed by atoms with Crippen molar-refractivity contribution in [2.24, 2.45) is 0 Å². The number of nitrogens with one attached hydrogen (secondary N) is 1. The van der Waals surface area contributed by atoms with Crippen molar-refractivity contribution in [2.45, 2.75) is 12.3 Å². The van der Waals surface area contributed by atoms with Gasteiger partial charge in [-0.25, -0.2) is 4.79 Å². The molecule has 0 aliphatic carbocycles. The third-order valence-electron chi connectivity index (χ3n) is 4.95. The first-order valence-corrected chi connectivity index (χ1v) is 10.8. The molecule has 3 aromatic rings. The fourth-order valence-corrected chi connectivity index (χ4v) is 3.42. The van der Waals surface area contributed by atoms with Crippen LogP contribution in [0.2, 0.25) is 5.02 Å². The minimum absolute atomic E-state index is 0.160. The number of carbonyl (C=O) groups excluding carboxylic acids is 2. The fourth-order valence-electron chi connectivity index (χ4n) is 3.20. The molecule has 0 saturated heterocycles. The number of anilines is 1. The Bertz CT molecular complexity index is 1260. The highest BCUT2D eigenvalue weighted by molar-refractivity contribution is 6.31. The van der Waals surface area contributed by atoms with Crippen molar-refractivity contribution in [3.63, 3.8) is 0 Å². The minimum Gasteiger partial charge on any atom is -0.497 e. The van der Waals surface area contributed by atoms with E-state index < -0.39 is 34.7 Å². The summed E-state index contributed by atoms with van der Waals surface area (Å²) in [5, 5.41) is 1.85. The zero-order valence-electron chi connectivity index (χ0n) is 19.1. The number of hydrogen-bond acceptors (Lipinski definition) is 5. The summed E-state index contributed by atoms with van der Waals surface area (Å²) in [7, 11) is 2.96. The third-order valence-corrected chi connectivity index (χ3v) is 5.28. The smallest absolute Gasteiger partial charge is 0.417 e. The molecule has 36 heavy (non-hydrogen) atoms. The Balaban J connectivity index is 1.82. The summed E-state index contributed by atoms with van der Waals surface area (Å²) in [6.45, 7) is 0. The minimum atomic E-state index is -4.71. The molecular formula is C26H21ClF3NO5. The van der Waals surface area contributed by atoms with Crippen molar-refractivity contribution in [1.29, 1.82) is 0 Å². The van der Waals surface area contributed by atoms with Gasteiger partial charge in [0.15, 0.2) is 0 Å². The van der Waals surface area contributed by atoms with E-state index in [1.54, 1.807) is 48.5 Å². The van der Waals surface area contributed by atoms with Crippen LogP contribution in [0.15, 0.2) is 72.8 Å². The Hall–Kier alpha value is -3.98. The lowest BCUT2D eigenvalue weighted by Crippen LogP contribution is -2.25. The molecule has 1 N–H and O–H groups in total. The van der Waals surface area contributed by atoms with Gasteiger partial charge in [0.25, 0.3) is 5.91 Å². The van der Waals surface area contributed by atoms with Gasteiger partial charge < -0.3 is 19.5 Å². The molecule has 0 saturated carbocycles. The van der Waals surface area contributed by atoms with E-state index in [0.717, 1.165) is 12.1 Å². The molecule has 1 amide bonds. The summed E-state index contributed by atoms with van der Waals surface area (Å²) < 4.78 is 55.4. The van der Waals surface area contributed by atoms with E-state index in [-0.39, 0.29) is 5.69 Å². The average Bonchev–Trinajstić information content (AvgIpc) is 2.86. The van der Waals surface area contributed by atoms with E-state index in [9.17, 15) is 22.8 Å². The van der Waals surface area contributed by atoms with Crippen molar-refractivity contribution in [2.75, 3.05) is 19.5 Å². The van der Waals surface area contributed by atoms with Gasteiger partial charge in [0, 0.05) is 29.0 Å². The number of hydrogen-bond donors (Lipinski definition) is 1.